The van der Waals surface area contributed by atoms with Crippen LogP contribution in [0.1, 0.15) is 13.3 Å². The Morgan fingerprint density at radius 1 is 1.41 bits per heavy atom. The standard InChI is InChI=1S/C12H17O5/c1-4-11(14)16-7-5-6-10(13)8-17-12(15)9(2)3/h4,6,10,13H,1-2,5,7-8H2,3H3. The molecule has 0 saturated carbocycles. The summed E-state index contributed by atoms with van der Waals surface area (Å²) >= 11 is 0. The van der Waals surface area contributed by atoms with E-state index in [0.717, 1.165) is 6.08 Å². The van der Waals surface area contributed by atoms with E-state index in [-0.39, 0.29) is 18.8 Å². The van der Waals surface area contributed by atoms with Crippen LogP contribution in [-0.2, 0) is 19.1 Å². The molecule has 0 aliphatic carbocycles. The fourth-order valence-corrected chi connectivity index (χ4v) is 0.831. The molecular weight excluding hydrogens is 224 g/mol. The summed E-state index contributed by atoms with van der Waals surface area (Å²) < 4.78 is 9.41. The van der Waals surface area contributed by atoms with E-state index in [0.29, 0.717) is 6.42 Å². The first-order chi connectivity index (χ1) is 7.97. The van der Waals surface area contributed by atoms with Gasteiger partial charge in [0.2, 0.25) is 0 Å². The molecule has 1 radical (unpaired) electrons. The van der Waals surface area contributed by atoms with Crippen LogP contribution in [0.4, 0.5) is 0 Å². The monoisotopic (exact) mass is 241 g/mol. The van der Waals surface area contributed by atoms with Gasteiger partial charge in [-0.25, -0.2) is 9.59 Å². The molecule has 1 N–H and O–H groups in total. The molecule has 17 heavy (non-hydrogen) atoms. The van der Waals surface area contributed by atoms with E-state index in [1.54, 1.807) is 0 Å². The summed E-state index contributed by atoms with van der Waals surface area (Å²) in [6, 6.07) is 0. The first-order valence-corrected chi connectivity index (χ1v) is 5.10. The lowest BCUT2D eigenvalue weighted by atomic mass is 10.2. The number of hydrogen-bond acceptors (Lipinski definition) is 5. The molecule has 0 aromatic rings. The van der Waals surface area contributed by atoms with Gasteiger partial charge in [0, 0.05) is 11.6 Å². The van der Waals surface area contributed by atoms with Crippen molar-refractivity contribution in [3.63, 3.8) is 0 Å². The number of aliphatic hydroxyl groups is 1. The molecule has 0 spiro atoms. The van der Waals surface area contributed by atoms with E-state index in [4.69, 9.17) is 4.74 Å². The van der Waals surface area contributed by atoms with Crippen molar-refractivity contribution in [2.75, 3.05) is 13.2 Å². The predicted molar refractivity (Wildman–Crippen MR) is 61.9 cm³/mol. The largest absolute Gasteiger partial charge is 0.463 e. The second kappa shape index (κ2) is 8.52. The average Bonchev–Trinajstić information content (AvgIpc) is 2.30. The molecule has 95 valence electrons. The molecule has 0 fully saturated rings. The first kappa shape index (κ1) is 15.4. The number of aliphatic hydroxyl groups excluding tert-OH is 1. The summed E-state index contributed by atoms with van der Waals surface area (Å²) in [4.78, 5) is 21.6. The molecule has 0 heterocycles. The summed E-state index contributed by atoms with van der Waals surface area (Å²) in [6.07, 6.45) is 2.03. The molecule has 0 amide bonds. The van der Waals surface area contributed by atoms with E-state index >= 15 is 0 Å². The van der Waals surface area contributed by atoms with Gasteiger partial charge in [0.15, 0.2) is 0 Å². The highest BCUT2D eigenvalue weighted by Crippen LogP contribution is 2.00. The molecule has 0 saturated heterocycles. The SMILES string of the molecule is C=CC(=O)OCC[CH]C(O)COC(=O)C(=C)C. The molecule has 0 aliphatic rings. The maximum atomic E-state index is 11.0. The summed E-state index contributed by atoms with van der Waals surface area (Å²) in [5.41, 5.74) is 0.275. The van der Waals surface area contributed by atoms with Crippen molar-refractivity contribution in [2.45, 2.75) is 19.4 Å². The third-order valence-electron chi connectivity index (χ3n) is 1.70. The molecule has 0 aromatic carbocycles. The highest BCUT2D eigenvalue weighted by atomic mass is 16.5. The van der Waals surface area contributed by atoms with Gasteiger partial charge in [-0.15, -0.1) is 0 Å². The van der Waals surface area contributed by atoms with Crippen molar-refractivity contribution in [2.24, 2.45) is 0 Å². The van der Waals surface area contributed by atoms with Gasteiger partial charge in [0.05, 0.1) is 12.7 Å². The van der Waals surface area contributed by atoms with Crippen molar-refractivity contribution < 1.29 is 24.2 Å². The maximum Gasteiger partial charge on any atom is 0.333 e. The zero-order valence-corrected chi connectivity index (χ0v) is 9.85. The van der Waals surface area contributed by atoms with Crippen LogP contribution in [0.15, 0.2) is 24.8 Å². The van der Waals surface area contributed by atoms with Crippen LogP contribution in [-0.4, -0.2) is 36.4 Å². The molecular formula is C12H17O5. The predicted octanol–water partition coefficient (Wildman–Crippen LogP) is 0.790. The fourth-order valence-electron chi connectivity index (χ4n) is 0.831. The first-order valence-electron chi connectivity index (χ1n) is 5.10. The topological polar surface area (TPSA) is 72.8 Å². The zero-order valence-electron chi connectivity index (χ0n) is 9.85. The molecule has 1 unspecified atom stereocenters. The number of rotatable bonds is 8. The molecule has 0 aromatic heterocycles. The van der Waals surface area contributed by atoms with Crippen LogP contribution in [0.3, 0.4) is 0 Å². The minimum atomic E-state index is -0.888. The summed E-state index contributed by atoms with van der Waals surface area (Å²) in [5, 5.41) is 9.38. The van der Waals surface area contributed by atoms with Gasteiger partial charge in [-0.05, 0) is 19.8 Å². The second-order valence-electron chi connectivity index (χ2n) is 3.34. The molecule has 1 atom stereocenters. The Morgan fingerprint density at radius 3 is 2.59 bits per heavy atom. The van der Waals surface area contributed by atoms with Crippen LogP contribution in [0.2, 0.25) is 0 Å². The average molecular weight is 241 g/mol. The van der Waals surface area contributed by atoms with Crippen LogP contribution in [0, 0.1) is 6.42 Å². The van der Waals surface area contributed by atoms with Crippen molar-refractivity contribution in [1.29, 1.82) is 0 Å². The number of esters is 2. The van der Waals surface area contributed by atoms with E-state index in [1.165, 1.54) is 13.3 Å². The van der Waals surface area contributed by atoms with Crippen LogP contribution in [0.5, 0.6) is 0 Å². The quantitative estimate of drug-likeness (QED) is 0.386. The Hall–Kier alpha value is -1.62. The van der Waals surface area contributed by atoms with Crippen molar-refractivity contribution in [1.82, 2.24) is 0 Å². The lowest BCUT2D eigenvalue weighted by Crippen LogP contribution is -2.20. The Labute approximate surface area is 101 Å². The molecule has 0 aliphatic heterocycles. The highest BCUT2D eigenvalue weighted by molar-refractivity contribution is 5.86. The number of ether oxygens (including phenoxy) is 2. The van der Waals surface area contributed by atoms with Gasteiger partial charge >= 0.3 is 11.9 Å². The second-order valence-corrected chi connectivity index (χ2v) is 3.34. The third kappa shape index (κ3) is 8.21. The summed E-state index contributed by atoms with van der Waals surface area (Å²) in [6.45, 7) is 8.18. The van der Waals surface area contributed by atoms with Gasteiger partial charge < -0.3 is 14.6 Å². The maximum absolute atomic E-state index is 11.0. The third-order valence-corrected chi connectivity index (χ3v) is 1.70. The van der Waals surface area contributed by atoms with Gasteiger partial charge in [-0.1, -0.05) is 13.2 Å². The minimum Gasteiger partial charge on any atom is -0.463 e. The van der Waals surface area contributed by atoms with Crippen LogP contribution < -0.4 is 0 Å². The number of hydrogen-bond donors (Lipinski definition) is 1. The van der Waals surface area contributed by atoms with Crippen molar-refractivity contribution in [3.8, 4) is 0 Å². The molecule has 5 nitrogen and oxygen atoms in total. The van der Waals surface area contributed by atoms with E-state index in [1.807, 2.05) is 0 Å². The summed E-state index contributed by atoms with van der Waals surface area (Å²) in [5.74, 6) is -1.06. The lowest BCUT2D eigenvalue weighted by molar-refractivity contribution is -0.141. The lowest BCUT2D eigenvalue weighted by Gasteiger charge is -2.10. The van der Waals surface area contributed by atoms with Crippen molar-refractivity contribution in [3.05, 3.63) is 31.2 Å². The van der Waals surface area contributed by atoms with Crippen LogP contribution >= 0.6 is 0 Å². The Morgan fingerprint density at radius 2 is 2.06 bits per heavy atom. The molecule has 0 bridgehead atoms. The zero-order chi connectivity index (χ0) is 13.3. The van der Waals surface area contributed by atoms with Gasteiger partial charge in [0.25, 0.3) is 0 Å². The Balaban J connectivity index is 3.56. The van der Waals surface area contributed by atoms with E-state index in [2.05, 4.69) is 17.9 Å². The van der Waals surface area contributed by atoms with E-state index in [9.17, 15) is 14.7 Å². The van der Waals surface area contributed by atoms with Crippen LogP contribution in [0.25, 0.3) is 0 Å². The molecule has 5 heteroatoms. The van der Waals surface area contributed by atoms with Gasteiger partial charge in [-0.2, -0.15) is 0 Å². The Kier molecular flexibility index (Phi) is 7.71. The van der Waals surface area contributed by atoms with Gasteiger partial charge in [0.1, 0.15) is 6.61 Å². The molecule has 0 rings (SSSR count). The van der Waals surface area contributed by atoms with Gasteiger partial charge in [-0.3, -0.25) is 0 Å². The fraction of sp³-hybridized carbons (Fsp3) is 0.417. The smallest absolute Gasteiger partial charge is 0.333 e. The number of carbonyl (C=O) groups is 2. The Bertz CT molecular complexity index is 295. The minimum absolute atomic E-state index is 0.138. The highest BCUT2D eigenvalue weighted by Gasteiger charge is 2.09. The normalized spacial score (nSPS) is 11.4. The van der Waals surface area contributed by atoms with Crippen molar-refractivity contribution >= 4 is 11.9 Å². The van der Waals surface area contributed by atoms with E-state index < -0.39 is 18.0 Å². The number of carbonyl (C=O) groups excluding carboxylic acids is 2. The summed E-state index contributed by atoms with van der Waals surface area (Å²) in [7, 11) is 0.